The van der Waals surface area contributed by atoms with Crippen molar-refractivity contribution in [1.29, 1.82) is 0 Å². The largest absolute Gasteiger partial charge is 0.586 e. The summed E-state index contributed by atoms with van der Waals surface area (Å²) in [5.74, 6) is -1.76. The summed E-state index contributed by atoms with van der Waals surface area (Å²) in [6.45, 7) is 0.712. The number of alkyl halides is 2. The van der Waals surface area contributed by atoms with E-state index in [2.05, 4.69) is 14.8 Å². The minimum Gasteiger partial charge on any atom is -0.395 e. The lowest BCUT2D eigenvalue weighted by atomic mass is 9.96. The Morgan fingerprint density at radius 1 is 1.07 bits per heavy atom. The number of halogens is 3. The van der Waals surface area contributed by atoms with Gasteiger partial charge in [-0.2, -0.15) is 0 Å². The van der Waals surface area contributed by atoms with E-state index in [-0.39, 0.29) is 35.5 Å². The fourth-order valence-corrected chi connectivity index (χ4v) is 3.42. The van der Waals surface area contributed by atoms with Gasteiger partial charge < -0.3 is 19.7 Å². The summed E-state index contributed by atoms with van der Waals surface area (Å²) in [6, 6.07) is 9.23. The number of carbonyl (C=O) groups excluding carboxylic acids is 2. The zero-order valence-electron chi connectivity index (χ0n) is 15.2. The number of rotatable bonds is 3. The topological polar surface area (TPSA) is 67.9 Å². The molecule has 1 saturated heterocycles. The van der Waals surface area contributed by atoms with Crippen molar-refractivity contribution in [3.8, 4) is 11.5 Å². The van der Waals surface area contributed by atoms with Gasteiger partial charge in [0.2, 0.25) is 5.91 Å². The molecule has 0 saturated carbocycles. The maximum Gasteiger partial charge on any atom is 0.586 e. The Bertz CT molecular complexity index is 949. The Labute approximate surface area is 164 Å². The maximum atomic E-state index is 13.1. The molecule has 0 aromatic heterocycles. The van der Waals surface area contributed by atoms with E-state index in [1.165, 1.54) is 42.5 Å². The number of nitrogens with one attached hydrogen (secondary N) is 1. The molecule has 2 heterocycles. The van der Waals surface area contributed by atoms with E-state index in [9.17, 15) is 22.8 Å². The number of carbonyl (C=O) groups is 2. The number of piperidine rings is 1. The average Bonchev–Trinajstić information content (AvgIpc) is 3.01. The molecule has 2 aliphatic rings. The highest BCUT2D eigenvalue weighted by atomic mass is 19.3. The minimum atomic E-state index is -3.73. The molecule has 152 valence electrons. The lowest BCUT2D eigenvalue weighted by Crippen LogP contribution is -2.43. The first kappa shape index (κ1) is 19.1. The number of benzene rings is 2. The summed E-state index contributed by atoms with van der Waals surface area (Å²) in [5.41, 5.74) is 0.640. The zero-order chi connectivity index (χ0) is 20.6. The molecule has 2 amide bonds. The van der Waals surface area contributed by atoms with Crippen LogP contribution in [0.15, 0.2) is 42.5 Å². The minimum absolute atomic E-state index is 0.110. The van der Waals surface area contributed by atoms with Gasteiger partial charge in [0.1, 0.15) is 5.82 Å². The second-order valence-corrected chi connectivity index (χ2v) is 6.92. The van der Waals surface area contributed by atoms with E-state index in [0.29, 0.717) is 24.9 Å². The van der Waals surface area contributed by atoms with Crippen molar-refractivity contribution < 1.29 is 32.2 Å². The van der Waals surface area contributed by atoms with Crippen LogP contribution in [0.5, 0.6) is 11.5 Å². The van der Waals surface area contributed by atoms with Crippen LogP contribution in [0.25, 0.3) is 0 Å². The summed E-state index contributed by atoms with van der Waals surface area (Å²) >= 11 is 0. The standard InChI is InChI=1S/C20H17F3N2O4/c21-14-5-3-12(4-6-14)19(27)25-9-1-2-13(11-25)18(26)24-15-7-8-16-17(10-15)29-20(22,23)28-16/h3-8,10,13H,1-2,9,11H2,(H,24,26). The molecule has 2 aromatic rings. The van der Waals surface area contributed by atoms with Crippen LogP contribution < -0.4 is 14.8 Å². The third-order valence-corrected chi connectivity index (χ3v) is 4.84. The number of fused-ring (bicyclic) bond motifs is 1. The Hall–Kier alpha value is -3.23. The molecule has 9 heteroatoms. The SMILES string of the molecule is O=C(Nc1ccc2c(c1)OC(F)(F)O2)C1CCCN(C(=O)c2ccc(F)cc2)C1. The van der Waals surface area contributed by atoms with Gasteiger partial charge in [0, 0.05) is 30.4 Å². The van der Waals surface area contributed by atoms with Crippen molar-refractivity contribution in [2.24, 2.45) is 5.92 Å². The van der Waals surface area contributed by atoms with Crippen LogP contribution in [-0.4, -0.2) is 36.1 Å². The highest BCUT2D eigenvalue weighted by molar-refractivity contribution is 5.96. The van der Waals surface area contributed by atoms with E-state index in [1.807, 2.05) is 0 Å². The summed E-state index contributed by atoms with van der Waals surface area (Å²) in [6.07, 6.45) is -2.50. The molecule has 0 spiro atoms. The molecule has 2 aromatic carbocycles. The lowest BCUT2D eigenvalue weighted by Gasteiger charge is -2.32. The zero-order valence-corrected chi connectivity index (χ0v) is 15.2. The fourth-order valence-electron chi connectivity index (χ4n) is 3.42. The smallest absolute Gasteiger partial charge is 0.395 e. The van der Waals surface area contributed by atoms with Crippen LogP contribution in [0, 0.1) is 11.7 Å². The van der Waals surface area contributed by atoms with Gasteiger partial charge in [0.05, 0.1) is 5.92 Å². The van der Waals surface area contributed by atoms with Gasteiger partial charge in [-0.1, -0.05) is 0 Å². The summed E-state index contributed by atoms with van der Waals surface area (Å²) < 4.78 is 48.0. The lowest BCUT2D eigenvalue weighted by molar-refractivity contribution is -0.286. The molecule has 0 aliphatic carbocycles. The molecule has 29 heavy (non-hydrogen) atoms. The second kappa shape index (κ2) is 7.31. The number of ether oxygens (including phenoxy) is 2. The van der Waals surface area contributed by atoms with Gasteiger partial charge in [0.25, 0.3) is 5.91 Å². The third kappa shape index (κ3) is 4.13. The molecule has 0 bridgehead atoms. The molecule has 1 atom stereocenters. The Morgan fingerprint density at radius 3 is 2.55 bits per heavy atom. The molecule has 1 fully saturated rings. The van der Waals surface area contributed by atoms with Gasteiger partial charge in [-0.25, -0.2) is 4.39 Å². The Kier molecular flexibility index (Phi) is 4.81. The molecule has 0 radical (unpaired) electrons. The van der Waals surface area contributed by atoms with Gasteiger partial charge >= 0.3 is 6.29 Å². The fraction of sp³-hybridized carbons (Fsp3) is 0.300. The highest BCUT2D eigenvalue weighted by Crippen LogP contribution is 2.42. The van der Waals surface area contributed by atoms with Crippen molar-refractivity contribution in [2.45, 2.75) is 19.1 Å². The van der Waals surface area contributed by atoms with E-state index in [0.717, 1.165) is 0 Å². The number of likely N-dealkylation sites (tertiary alicyclic amines) is 1. The summed E-state index contributed by atoms with van der Waals surface area (Å²) in [4.78, 5) is 26.8. The quantitative estimate of drug-likeness (QED) is 0.845. The number of hydrogen-bond donors (Lipinski definition) is 1. The molecular weight excluding hydrogens is 389 g/mol. The van der Waals surface area contributed by atoms with Crippen LogP contribution in [0.1, 0.15) is 23.2 Å². The van der Waals surface area contributed by atoms with Crippen LogP contribution in [0.3, 0.4) is 0 Å². The number of anilines is 1. The molecule has 4 rings (SSSR count). The first-order valence-electron chi connectivity index (χ1n) is 9.06. The highest BCUT2D eigenvalue weighted by Gasteiger charge is 2.43. The number of hydrogen-bond acceptors (Lipinski definition) is 4. The Morgan fingerprint density at radius 2 is 1.79 bits per heavy atom. The second-order valence-electron chi connectivity index (χ2n) is 6.92. The summed E-state index contributed by atoms with van der Waals surface area (Å²) in [5, 5.41) is 2.67. The van der Waals surface area contributed by atoms with E-state index >= 15 is 0 Å². The Balaban J connectivity index is 1.40. The third-order valence-electron chi connectivity index (χ3n) is 4.84. The van der Waals surface area contributed by atoms with Gasteiger partial charge in [-0.3, -0.25) is 9.59 Å². The molecule has 1 unspecified atom stereocenters. The van der Waals surface area contributed by atoms with Gasteiger partial charge in [0.15, 0.2) is 11.5 Å². The number of amides is 2. The molecule has 1 N–H and O–H groups in total. The van der Waals surface area contributed by atoms with Crippen LogP contribution in [0.2, 0.25) is 0 Å². The van der Waals surface area contributed by atoms with E-state index < -0.39 is 18.0 Å². The van der Waals surface area contributed by atoms with Gasteiger partial charge in [-0.05, 0) is 49.2 Å². The molecular formula is C20H17F3N2O4. The predicted molar refractivity (Wildman–Crippen MR) is 96.3 cm³/mol. The maximum absolute atomic E-state index is 13.1. The average molecular weight is 406 g/mol. The van der Waals surface area contributed by atoms with Crippen molar-refractivity contribution >= 4 is 17.5 Å². The first-order valence-corrected chi connectivity index (χ1v) is 9.06. The number of nitrogens with zero attached hydrogens (tertiary/aromatic N) is 1. The van der Waals surface area contributed by atoms with Crippen molar-refractivity contribution in [3.63, 3.8) is 0 Å². The van der Waals surface area contributed by atoms with E-state index in [4.69, 9.17) is 0 Å². The van der Waals surface area contributed by atoms with Crippen molar-refractivity contribution in [1.82, 2.24) is 4.90 Å². The van der Waals surface area contributed by atoms with Crippen molar-refractivity contribution in [3.05, 3.63) is 53.8 Å². The molecule has 2 aliphatic heterocycles. The van der Waals surface area contributed by atoms with Crippen LogP contribution >= 0.6 is 0 Å². The first-order chi connectivity index (χ1) is 13.8. The molecule has 6 nitrogen and oxygen atoms in total. The van der Waals surface area contributed by atoms with Crippen molar-refractivity contribution in [2.75, 3.05) is 18.4 Å². The van der Waals surface area contributed by atoms with E-state index in [1.54, 1.807) is 4.90 Å². The normalized spacial score (nSPS) is 19.7. The van der Waals surface area contributed by atoms with Crippen LogP contribution in [-0.2, 0) is 4.79 Å². The monoisotopic (exact) mass is 406 g/mol. The van der Waals surface area contributed by atoms with Gasteiger partial charge in [-0.15, -0.1) is 8.78 Å². The summed E-state index contributed by atoms with van der Waals surface area (Å²) in [7, 11) is 0. The predicted octanol–water partition coefficient (Wildman–Crippen LogP) is 3.64. The van der Waals surface area contributed by atoms with Crippen LogP contribution in [0.4, 0.5) is 18.9 Å².